The molecule has 25 heavy (non-hydrogen) atoms. The lowest BCUT2D eigenvalue weighted by molar-refractivity contribution is 0.586. The number of benzene rings is 2. The van der Waals surface area contributed by atoms with Gasteiger partial charge in [0.1, 0.15) is 23.6 Å². The molecule has 0 aliphatic carbocycles. The lowest BCUT2D eigenvalue weighted by atomic mass is 10.1. The molecular formula is C18H17F2N5. The Kier molecular flexibility index (Phi) is 4.74. The van der Waals surface area contributed by atoms with Gasteiger partial charge >= 0.3 is 0 Å². The molecular weight excluding hydrogens is 324 g/mol. The first-order valence-electron chi connectivity index (χ1n) is 7.68. The van der Waals surface area contributed by atoms with E-state index >= 15 is 0 Å². The Labute approximate surface area is 143 Å². The van der Waals surface area contributed by atoms with Crippen molar-refractivity contribution in [3.63, 3.8) is 0 Å². The molecule has 4 N–H and O–H groups in total. The highest BCUT2D eigenvalue weighted by molar-refractivity contribution is 5.77. The van der Waals surface area contributed by atoms with Crippen LogP contribution in [0.4, 0.5) is 31.8 Å². The minimum atomic E-state index is -0.731. The van der Waals surface area contributed by atoms with Crippen LogP contribution < -0.4 is 16.4 Å². The third-order valence-electron chi connectivity index (χ3n) is 3.72. The highest BCUT2D eigenvalue weighted by Gasteiger charge is 2.13. The minimum absolute atomic E-state index is 0.0335. The van der Waals surface area contributed by atoms with Gasteiger partial charge in [0.15, 0.2) is 11.6 Å². The van der Waals surface area contributed by atoms with E-state index in [2.05, 4.69) is 20.6 Å². The first-order valence-corrected chi connectivity index (χ1v) is 7.68. The third-order valence-corrected chi connectivity index (χ3v) is 3.72. The molecule has 0 aliphatic rings. The van der Waals surface area contributed by atoms with Crippen LogP contribution in [0.2, 0.25) is 0 Å². The first-order chi connectivity index (χ1) is 12.0. The van der Waals surface area contributed by atoms with Crippen LogP contribution in [0.15, 0.2) is 54.9 Å². The van der Waals surface area contributed by atoms with E-state index in [4.69, 9.17) is 5.73 Å². The van der Waals surface area contributed by atoms with Gasteiger partial charge in [0.05, 0.1) is 11.7 Å². The van der Waals surface area contributed by atoms with Crippen LogP contribution in [0.3, 0.4) is 0 Å². The molecule has 128 valence electrons. The summed E-state index contributed by atoms with van der Waals surface area (Å²) in [6, 6.07) is 13.0. The van der Waals surface area contributed by atoms with Gasteiger partial charge in [-0.1, -0.05) is 30.3 Å². The van der Waals surface area contributed by atoms with Gasteiger partial charge < -0.3 is 16.4 Å². The van der Waals surface area contributed by atoms with Crippen LogP contribution in [0.25, 0.3) is 0 Å². The molecule has 1 aromatic heterocycles. The zero-order valence-corrected chi connectivity index (χ0v) is 13.5. The maximum atomic E-state index is 13.8. The molecule has 1 heterocycles. The number of aromatic nitrogens is 2. The quantitative estimate of drug-likeness (QED) is 0.647. The fourth-order valence-electron chi connectivity index (χ4n) is 2.36. The van der Waals surface area contributed by atoms with Gasteiger partial charge in [-0.2, -0.15) is 0 Å². The van der Waals surface area contributed by atoms with E-state index in [1.807, 2.05) is 37.3 Å². The number of rotatable bonds is 5. The lowest BCUT2D eigenvalue weighted by Crippen LogP contribution is -2.12. The molecule has 0 aliphatic heterocycles. The number of nitrogens with two attached hydrogens (primary N) is 1. The van der Waals surface area contributed by atoms with Crippen molar-refractivity contribution in [1.82, 2.24) is 9.97 Å². The summed E-state index contributed by atoms with van der Waals surface area (Å²) < 4.78 is 26.8. The van der Waals surface area contributed by atoms with E-state index in [0.29, 0.717) is 5.82 Å². The van der Waals surface area contributed by atoms with E-state index in [-0.39, 0.29) is 23.2 Å². The Morgan fingerprint density at radius 1 is 1.00 bits per heavy atom. The topological polar surface area (TPSA) is 75.9 Å². The number of anilines is 4. The average Bonchev–Trinajstić information content (AvgIpc) is 2.61. The molecule has 3 rings (SSSR count). The largest absolute Gasteiger partial charge is 0.393 e. The third kappa shape index (κ3) is 3.82. The molecule has 0 saturated carbocycles. The van der Waals surface area contributed by atoms with Crippen molar-refractivity contribution < 1.29 is 8.78 Å². The summed E-state index contributed by atoms with van der Waals surface area (Å²) in [5.41, 5.74) is 7.48. The van der Waals surface area contributed by atoms with Crippen molar-refractivity contribution in [3.8, 4) is 0 Å². The van der Waals surface area contributed by atoms with Crippen LogP contribution in [0.5, 0.6) is 0 Å². The van der Waals surface area contributed by atoms with Crippen LogP contribution in [-0.4, -0.2) is 9.97 Å². The van der Waals surface area contributed by atoms with Crippen molar-refractivity contribution in [2.24, 2.45) is 0 Å². The predicted molar refractivity (Wildman–Crippen MR) is 94.6 cm³/mol. The van der Waals surface area contributed by atoms with Crippen LogP contribution in [0, 0.1) is 11.6 Å². The van der Waals surface area contributed by atoms with Gasteiger partial charge in [0.2, 0.25) is 0 Å². The molecule has 0 saturated heterocycles. The Hall–Kier alpha value is -3.22. The molecule has 0 spiro atoms. The molecule has 2 aromatic carbocycles. The lowest BCUT2D eigenvalue weighted by Gasteiger charge is -2.17. The summed E-state index contributed by atoms with van der Waals surface area (Å²) in [6.45, 7) is 1.98. The molecule has 5 nitrogen and oxygen atoms in total. The van der Waals surface area contributed by atoms with Gasteiger partial charge in [-0.3, -0.25) is 0 Å². The molecule has 3 aromatic rings. The van der Waals surface area contributed by atoms with Crippen molar-refractivity contribution in [2.45, 2.75) is 13.0 Å². The van der Waals surface area contributed by atoms with E-state index in [9.17, 15) is 8.78 Å². The van der Waals surface area contributed by atoms with Gasteiger partial charge in [-0.25, -0.2) is 18.7 Å². The molecule has 7 heteroatoms. The smallest absolute Gasteiger partial charge is 0.159 e. The summed E-state index contributed by atoms with van der Waals surface area (Å²) in [5.74, 6) is -0.720. The second-order valence-electron chi connectivity index (χ2n) is 5.51. The number of hydrogen-bond acceptors (Lipinski definition) is 5. The van der Waals surface area contributed by atoms with Crippen LogP contribution in [0.1, 0.15) is 18.5 Å². The molecule has 0 radical (unpaired) electrons. The molecule has 1 atom stereocenters. The Bertz CT molecular complexity index is 871. The van der Waals surface area contributed by atoms with E-state index in [1.54, 1.807) is 0 Å². The first kappa shape index (κ1) is 16.6. The molecule has 1 unspecified atom stereocenters. The fraction of sp³-hybridized carbons (Fsp3) is 0.111. The summed E-state index contributed by atoms with van der Waals surface area (Å²) >= 11 is 0. The molecule has 0 fully saturated rings. The number of hydrogen-bond donors (Lipinski definition) is 3. The zero-order valence-electron chi connectivity index (χ0n) is 13.5. The monoisotopic (exact) mass is 341 g/mol. The highest BCUT2D eigenvalue weighted by Crippen LogP contribution is 2.29. The summed E-state index contributed by atoms with van der Waals surface area (Å²) in [7, 11) is 0. The van der Waals surface area contributed by atoms with Crippen LogP contribution >= 0.6 is 0 Å². The van der Waals surface area contributed by atoms with Crippen molar-refractivity contribution in [2.75, 3.05) is 16.4 Å². The number of nitrogen functional groups attached to an aromatic ring is 1. The summed E-state index contributed by atoms with van der Waals surface area (Å²) in [6.07, 6.45) is 1.32. The average molecular weight is 341 g/mol. The van der Waals surface area contributed by atoms with Gasteiger partial charge in [-0.05, 0) is 24.6 Å². The zero-order chi connectivity index (χ0) is 17.8. The van der Waals surface area contributed by atoms with Gasteiger partial charge in [0, 0.05) is 6.07 Å². The number of nitrogens with zero attached hydrogens (tertiary/aromatic N) is 2. The van der Waals surface area contributed by atoms with Crippen molar-refractivity contribution in [1.29, 1.82) is 0 Å². The normalized spacial score (nSPS) is 11.8. The van der Waals surface area contributed by atoms with E-state index < -0.39 is 11.6 Å². The van der Waals surface area contributed by atoms with E-state index in [0.717, 1.165) is 17.7 Å². The standard InChI is InChI=1S/C18H17F2N5/c1-11(12-5-3-2-4-6-12)24-17-16(21)18(23-10-22-17)25-15-8-7-13(19)9-14(15)20/h2-11H,21H2,1H3,(H2,22,23,24,25). The maximum Gasteiger partial charge on any atom is 0.159 e. The van der Waals surface area contributed by atoms with Crippen molar-refractivity contribution in [3.05, 3.63) is 72.1 Å². The van der Waals surface area contributed by atoms with Gasteiger partial charge in [-0.15, -0.1) is 0 Å². The molecule has 0 bridgehead atoms. The maximum absolute atomic E-state index is 13.8. The summed E-state index contributed by atoms with van der Waals surface area (Å²) in [4.78, 5) is 8.17. The fourth-order valence-corrected chi connectivity index (χ4v) is 2.36. The number of nitrogens with one attached hydrogen (secondary N) is 2. The Balaban J connectivity index is 1.82. The second kappa shape index (κ2) is 7.12. The SMILES string of the molecule is CC(Nc1ncnc(Nc2ccc(F)cc2F)c1N)c1ccccc1. The summed E-state index contributed by atoms with van der Waals surface area (Å²) in [5, 5.41) is 5.97. The van der Waals surface area contributed by atoms with E-state index in [1.165, 1.54) is 12.4 Å². The number of halogens is 2. The minimum Gasteiger partial charge on any atom is -0.393 e. The van der Waals surface area contributed by atoms with Gasteiger partial charge in [0.25, 0.3) is 0 Å². The highest BCUT2D eigenvalue weighted by atomic mass is 19.1. The van der Waals surface area contributed by atoms with Crippen LogP contribution in [-0.2, 0) is 0 Å². The van der Waals surface area contributed by atoms with Crippen molar-refractivity contribution >= 4 is 23.0 Å². The second-order valence-corrected chi connectivity index (χ2v) is 5.51. The predicted octanol–water partition coefficient (Wildman–Crippen LogP) is 4.25. The Morgan fingerprint density at radius 3 is 2.44 bits per heavy atom. The Morgan fingerprint density at radius 2 is 1.72 bits per heavy atom. The molecule has 0 amide bonds.